The Bertz CT molecular complexity index is 1310. The average Bonchev–Trinajstić information content (AvgIpc) is 3.26. The average molecular weight is 383 g/mol. The van der Waals surface area contributed by atoms with E-state index in [0.717, 1.165) is 21.0 Å². The molecule has 4 heterocycles. The monoisotopic (exact) mass is 383 g/mol. The molecule has 134 valence electrons. The maximum atomic E-state index is 13.1. The van der Waals surface area contributed by atoms with Crippen LogP contribution in [0, 0.1) is 6.92 Å². The van der Waals surface area contributed by atoms with Crippen molar-refractivity contribution in [1.82, 2.24) is 34.4 Å². The van der Waals surface area contributed by atoms with Gasteiger partial charge in [-0.2, -0.15) is 9.61 Å². The fraction of sp³-hybridized carbons (Fsp3) is 0.118. The first-order valence-corrected chi connectivity index (χ1v) is 8.85. The maximum absolute atomic E-state index is 13.1. The van der Waals surface area contributed by atoms with E-state index in [0.29, 0.717) is 15.8 Å². The van der Waals surface area contributed by atoms with Crippen molar-refractivity contribution in [1.29, 1.82) is 0 Å². The highest BCUT2D eigenvalue weighted by molar-refractivity contribution is 7.99. The van der Waals surface area contributed by atoms with Crippen LogP contribution in [0.15, 0.2) is 52.6 Å². The van der Waals surface area contributed by atoms with E-state index < -0.39 is 12.2 Å². The summed E-state index contributed by atoms with van der Waals surface area (Å²) in [6, 6.07) is 13.2. The quantitative estimate of drug-likeness (QED) is 0.473. The standard InChI is InChI=1S/C17H11F2N7S/c1-9-8-13-21-23-17(25(13)11-5-3-2-4-10(9)11)27-14-7-6-12-20-22-16(15(18)19)26(12)24-14/h2-8,15H,1H3. The molecule has 0 saturated carbocycles. The molecule has 0 aliphatic rings. The summed E-state index contributed by atoms with van der Waals surface area (Å²) in [6.45, 7) is 2.03. The zero-order valence-electron chi connectivity index (χ0n) is 13.9. The summed E-state index contributed by atoms with van der Waals surface area (Å²) in [7, 11) is 0. The number of fused-ring (bicyclic) bond motifs is 4. The van der Waals surface area contributed by atoms with Gasteiger partial charge in [-0.15, -0.1) is 20.4 Å². The molecule has 0 unspecified atom stereocenters. The predicted molar refractivity (Wildman–Crippen MR) is 95.1 cm³/mol. The maximum Gasteiger partial charge on any atom is 0.299 e. The molecule has 0 bridgehead atoms. The van der Waals surface area contributed by atoms with Gasteiger partial charge in [0, 0.05) is 5.39 Å². The fourth-order valence-electron chi connectivity index (χ4n) is 3.01. The van der Waals surface area contributed by atoms with Gasteiger partial charge in [-0.05, 0) is 48.5 Å². The van der Waals surface area contributed by atoms with Gasteiger partial charge in [-0.3, -0.25) is 4.40 Å². The number of hydrogen-bond donors (Lipinski definition) is 0. The van der Waals surface area contributed by atoms with Crippen molar-refractivity contribution in [3.8, 4) is 0 Å². The molecular weight excluding hydrogens is 372 g/mol. The zero-order valence-corrected chi connectivity index (χ0v) is 14.7. The van der Waals surface area contributed by atoms with Crippen molar-refractivity contribution < 1.29 is 8.78 Å². The molecule has 4 aromatic heterocycles. The molecule has 10 heteroatoms. The van der Waals surface area contributed by atoms with Gasteiger partial charge in [0.15, 0.2) is 11.3 Å². The third-order valence-electron chi connectivity index (χ3n) is 4.23. The second-order valence-corrected chi connectivity index (χ2v) is 6.91. The van der Waals surface area contributed by atoms with E-state index in [1.165, 1.54) is 11.8 Å². The van der Waals surface area contributed by atoms with Gasteiger partial charge in [-0.25, -0.2) is 8.78 Å². The Balaban J connectivity index is 1.66. The van der Waals surface area contributed by atoms with E-state index in [1.807, 2.05) is 41.7 Å². The van der Waals surface area contributed by atoms with Gasteiger partial charge in [0.25, 0.3) is 6.43 Å². The minimum atomic E-state index is -2.76. The molecule has 0 fully saturated rings. The first-order valence-electron chi connectivity index (χ1n) is 8.03. The lowest BCUT2D eigenvalue weighted by Gasteiger charge is -2.07. The zero-order chi connectivity index (χ0) is 18.5. The Labute approximate surface area is 155 Å². The van der Waals surface area contributed by atoms with Gasteiger partial charge < -0.3 is 0 Å². The van der Waals surface area contributed by atoms with Crippen LogP contribution in [0.1, 0.15) is 17.8 Å². The topological polar surface area (TPSA) is 73.3 Å². The van der Waals surface area contributed by atoms with Crippen molar-refractivity contribution >= 4 is 34.0 Å². The number of hydrogen-bond acceptors (Lipinski definition) is 6. The van der Waals surface area contributed by atoms with Crippen molar-refractivity contribution in [3.05, 3.63) is 53.9 Å². The molecule has 0 aliphatic carbocycles. The highest BCUT2D eigenvalue weighted by Gasteiger charge is 2.18. The van der Waals surface area contributed by atoms with Gasteiger partial charge in [0.05, 0.1) is 5.52 Å². The van der Waals surface area contributed by atoms with E-state index in [-0.39, 0.29) is 5.65 Å². The summed E-state index contributed by atoms with van der Waals surface area (Å²) in [4.78, 5) is 0. The molecule has 5 aromatic rings. The molecule has 5 rings (SSSR count). The van der Waals surface area contributed by atoms with E-state index in [1.54, 1.807) is 12.1 Å². The molecular formula is C17H11F2N7S. The minimum absolute atomic E-state index is 0.266. The number of rotatable bonds is 3. The van der Waals surface area contributed by atoms with Crippen LogP contribution in [0.25, 0.3) is 22.2 Å². The third-order valence-corrected chi connectivity index (χ3v) is 5.10. The lowest BCUT2D eigenvalue weighted by Crippen LogP contribution is -2.00. The lowest BCUT2D eigenvalue weighted by atomic mass is 10.1. The van der Waals surface area contributed by atoms with Crippen LogP contribution >= 0.6 is 11.8 Å². The van der Waals surface area contributed by atoms with Crippen molar-refractivity contribution in [2.45, 2.75) is 23.5 Å². The molecule has 0 radical (unpaired) electrons. The molecule has 0 saturated heterocycles. The Morgan fingerprint density at radius 1 is 0.963 bits per heavy atom. The van der Waals surface area contributed by atoms with Gasteiger partial charge in [0.2, 0.25) is 11.0 Å². The lowest BCUT2D eigenvalue weighted by molar-refractivity contribution is 0.137. The van der Waals surface area contributed by atoms with Crippen LogP contribution < -0.4 is 0 Å². The van der Waals surface area contributed by atoms with Crippen LogP contribution in [0.4, 0.5) is 8.78 Å². The second kappa shape index (κ2) is 5.95. The minimum Gasteiger partial charge on any atom is -0.270 e. The highest BCUT2D eigenvalue weighted by atomic mass is 32.2. The number of alkyl halides is 2. The smallest absolute Gasteiger partial charge is 0.270 e. The van der Waals surface area contributed by atoms with Crippen molar-refractivity contribution in [3.63, 3.8) is 0 Å². The fourth-order valence-corrected chi connectivity index (χ4v) is 3.82. The number of nitrogens with zero attached hydrogens (tertiary/aromatic N) is 7. The number of aromatic nitrogens is 7. The summed E-state index contributed by atoms with van der Waals surface area (Å²) in [5, 5.41) is 22.1. The van der Waals surface area contributed by atoms with Gasteiger partial charge in [0.1, 0.15) is 5.03 Å². The number of pyridine rings is 1. The Kier molecular flexibility index (Phi) is 3.54. The highest BCUT2D eigenvalue weighted by Crippen LogP contribution is 2.29. The Hall–Kier alpha value is -3.14. The van der Waals surface area contributed by atoms with Crippen molar-refractivity contribution in [2.24, 2.45) is 0 Å². The molecule has 0 amide bonds. The molecule has 0 atom stereocenters. The number of benzene rings is 1. The number of halogens is 2. The molecule has 0 spiro atoms. The van der Waals surface area contributed by atoms with E-state index in [4.69, 9.17) is 0 Å². The van der Waals surface area contributed by atoms with E-state index in [2.05, 4.69) is 25.5 Å². The largest absolute Gasteiger partial charge is 0.299 e. The first-order chi connectivity index (χ1) is 13.1. The number of para-hydroxylation sites is 1. The normalized spacial score (nSPS) is 12.0. The van der Waals surface area contributed by atoms with E-state index in [9.17, 15) is 8.78 Å². The molecule has 0 aliphatic heterocycles. The summed E-state index contributed by atoms with van der Waals surface area (Å²) < 4.78 is 29.1. The summed E-state index contributed by atoms with van der Waals surface area (Å²) in [5.41, 5.74) is 3.06. The number of aryl methyl sites for hydroxylation is 1. The summed E-state index contributed by atoms with van der Waals surface area (Å²) in [6.07, 6.45) is -2.76. The van der Waals surface area contributed by atoms with E-state index >= 15 is 0 Å². The van der Waals surface area contributed by atoms with Crippen LogP contribution in [-0.2, 0) is 0 Å². The van der Waals surface area contributed by atoms with Crippen LogP contribution in [-0.4, -0.2) is 34.4 Å². The van der Waals surface area contributed by atoms with Crippen LogP contribution in [0.5, 0.6) is 0 Å². The predicted octanol–water partition coefficient (Wildman–Crippen LogP) is 3.72. The van der Waals surface area contributed by atoms with Crippen molar-refractivity contribution in [2.75, 3.05) is 0 Å². The molecule has 27 heavy (non-hydrogen) atoms. The summed E-state index contributed by atoms with van der Waals surface area (Å²) >= 11 is 1.24. The molecule has 1 aromatic carbocycles. The summed E-state index contributed by atoms with van der Waals surface area (Å²) in [5.74, 6) is -0.486. The SMILES string of the molecule is Cc1cc2nnc(Sc3ccc4nnc(C(F)F)n4n3)n2c2ccccc12. The van der Waals surface area contributed by atoms with Crippen LogP contribution in [0.2, 0.25) is 0 Å². The van der Waals surface area contributed by atoms with Crippen LogP contribution in [0.3, 0.4) is 0 Å². The third kappa shape index (κ3) is 2.52. The van der Waals surface area contributed by atoms with Gasteiger partial charge in [-0.1, -0.05) is 18.2 Å². The molecule has 0 N–H and O–H groups in total. The second-order valence-electron chi connectivity index (χ2n) is 5.92. The first kappa shape index (κ1) is 16.1. The molecule has 7 nitrogen and oxygen atoms in total. The Morgan fingerprint density at radius 3 is 2.63 bits per heavy atom. The Morgan fingerprint density at radius 2 is 1.78 bits per heavy atom. The van der Waals surface area contributed by atoms with Gasteiger partial charge >= 0.3 is 0 Å².